The molecule has 0 bridgehead atoms. The van der Waals surface area contributed by atoms with E-state index in [9.17, 15) is 4.79 Å². The Morgan fingerprint density at radius 3 is 2.73 bits per heavy atom. The fourth-order valence-electron chi connectivity index (χ4n) is 4.20. The lowest BCUT2D eigenvalue weighted by atomic mass is 9.87. The molecular formula is C25H20ClN3O. The number of halogens is 1. The Morgan fingerprint density at radius 1 is 1.03 bits per heavy atom. The molecule has 1 N–H and O–H groups in total. The lowest BCUT2D eigenvalue weighted by Gasteiger charge is -2.26. The molecule has 2 aromatic heterocycles. The Kier molecular flexibility index (Phi) is 4.93. The van der Waals surface area contributed by atoms with Crippen molar-refractivity contribution >= 4 is 28.4 Å². The molecule has 0 aliphatic heterocycles. The Bertz CT molecular complexity index is 1240. The first-order chi connectivity index (χ1) is 14.7. The van der Waals surface area contributed by atoms with Crippen molar-refractivity contribution in [2.24, 2.45) is 0 Å². The van der Waals surface area contributed by atoms with Gasteiger partial charge in [-0.25, -0.2) is 4.98 Å². The van der Waals surface area contributed by atoms with Gasteiger partial charge >= 0.3 is 0 Å². The van der Waals surface area contributed by atoms with Gasteiger partial charge in [-0.15, -0.1) is 0 Å². The number of carbonyl (C=O) groups excluding carboxylic acids is 1. The third-order valence-corrected chi connectivity index (χ3v) is 5.90. The Labute approximate surface area is 180 Å². The predicted octanol–water partition coefficient (Wildman–Crippen LogP) is 5.76. The molecule has 1 amide bonds. The van der Waals surface area contributed by atoms with Crippen molar-refractivity contribution in [1.29, 1.82) is 0 Å². The SMILES string of the molecule is O=C(NC1CCCc2ccccc21)c1cc(-c2ccncc2)nc2ccc(Cl)cc12. The molecule has 0 radical (unpaired) electrons. The van der Waals surface area contributed by atoms with Gasteiger partial charge in [-0.2, -0.15) is 0 Å². The van der Waals surface area contributed by atoms with Crippen molar-refractivity contribution in [2.45, 2.75) is 25.3 Å². The highest BCUT2D eigenvalue weighted by Crippen LogP contribution is 2.31. The van der Waals surface area contributed by atoms with Crippen LogP contribution in [0.4, 0.5) is 0 Å². The number of hydrogen-bond acceptors (Lipinski definition) is 3. The topological polar surface area (TPSA) is 54.9 Å². The third-order valence-electron chi connectivity index (χ3n) is 5.67. The van der Waals surface area contributed by atoms with Crippen molar-refractivity contribution < 1.29 is 4.79 Å². The Morgan fingerprint density at radius 2 is 1.87 bits per heavy atom. The van der Waals surface area contributed by atoms with E-state index in [0.717, 1.165) is 41.4 Å². The number of aromatic nitrogens is 2. The molecule has 1 aliphatic rings. The number of pyridine rings is 2. The van der Waals surface area contributed by atoms with Gasteiger partial charge in [0.05, 0.1) is 22.8 Å². The highest BCUT2D eigenvalue weighted by molar-refractivity contribution is 6.31. The predicted molar refractivity (Wildman–Crippen MR) is 120 cm³/mol. The number of amides is 1. The van der Waals surface area contributed by atoms with Crippen LogP contribution in [0, 0.1) is 0 Å². The van der Waals surface area contributed by atoms with Gasteiger partial charge in [0.25, 0.3) is 5.91 Å². The molecular weight excluding hydrogens is 394 g/mol. The lowest BCUT2D eigenvalue weighted by Crippen LogP contribution is -2.31. The largest absolute Gasteiger partial charge is 0.345 e. The van der Waals surface area contributed by atoms with Crippen LogP contribution in [0.5, 0.6) is 0 Å². The highest BCUT2D eigenvalue weighted by atomic mass is 35.5. The van der Waals surface area contributed by atoms with Crippen LogP contribution in [0.25, 0.3) is 22.2 Å². The summed E-state index contributed by atoms with van der Waals surface area (Å²) in [5.74, 6) is -0.110. The molecule has 0 fully saturated rings. The molecule has 1 atom stereocenters. The summed E-state index contributed by atoms with van der Waals surface area (Å²) in [4.78, 5) is 22.3. The molecule has 30 heavy (non-hydrogen) atoms. The molecule has 1 aliphatic carbocycles. The van der Waals surface area contributed by atoms with Crippen LogP contribution in [-0.4, -0.2) is 15.9 Å². The number of nitrogens with zero attached hydrogens (tertiary/aromatic N) is 2. The van der Waals surface area contributed by atoms with E-state index in [1.54, 1.807) is 18.5 Å². The number of fused-ring (bicyclic) bond motifs is 2. The van der Waals surface area contributed by atoms with Gasteiger partial charge in [0.15, 0.2) is 0 Å². The van der Waals surface area contributed by atoms with Crippen LogP contribution in [0.3, 0.4) is 0 Å². The molecule has 148 valence electrons. The number of benzene rings is 2. The zero-order valence-electron chi connectivity index (χ0n) is 16.3. The van der Waals surface area contributed by atoms with Gasteiger partial charge in [0, 0.05) is 28.4 Å². The van der Waals surface area contributed by atoms with E-state index in [0.29, 0.717) is 10.6 Å². The van der Waals surface area contributed by atoms with E-state index in [1.807, 2.05) is 36.4 Å². The van der Waals surface area contributed by atoms with Crippen LogP contribution in [-0.2, 0) is 6.42 Å². The number of nitrogens with one attached hydrogen (secondary N) is 1. The number of rotatable bonds is 3. The molecule has 0 spiro atoms. The summed E-state index contributed by atoms with van der Waals surface area (Å²) in [5.41, 5.74) is 5.50. The summed E-state index contributed by atoms with van der Waals surface area (Å²) < 4.78 is 0. The fourth-order valence-corrected chi connectivity index (χ4v) is 4.37. The normalized spacial score (nSPS) is 15.6. The van der Waals surface area contributed by atoms with Gasteiger partial charge in [-0.3, -0.25) is 9.78 Å². The third kappa shape index (κ3) is 3.55. The molecule has 2 heterocycles. The van der Waals surface area contributed by atoms with E-state index < -0.39 is 0 Å². The van der Waals surface area contributed by atoms with Crippen LogP contribution in [0.1, 0.15) is 40.4 Å². The quantitative estimate of drug-likeness (QED) is 0.464. The monoisotopic (exact) mass is 413 g/mol. The molecule has 4 nitrogen and oxygen atoms in total. The maximum absolute atomic E-state index is 13.4. The van der Waals surface area contributed by atoms with Crippen LogP contribution in [0.2, 0.25) is 5.02 Å². The van der Waals surface area contributed by atoms with Crippen LogP contribution in [0.15, 0.2) is 73.1 Å². The standard InChI is InChI=1S/C25H20ClN3O/c26-18-8-9-23-20(14-18)21(15-24(28-23)17-10-12-27-13-11-17)25(30)29-22-7-3-5-16-4-1-2-6-19(16)22/h1-2,4,6,8-15,22H,3,5,7H2,(H,29,30). The fraction of sp³-hybridized carbons (Fsp3) is 0.160. The summed E-state index contributed by atoms with van der Waals surface area (Å²) in [6.07, 6.45) is 6.50. The van der Waals surface area contributed by atoms with E-state index in [-0.39, 0.29) is 11.9 Å². The minimum Gasteiger partial charge on any atom is -0.345 e. The Hall–Kier alpha value is -3.24. The average Bonchev–Trinajstić information content (AvgIpc) is 2.79. The molecule has 0 saturated carbocycles. The van der Waals surface area contributed by atoms with Crippen molar-refractivity contribution in [2.75, 3.05) is 0 Å². The van der Waals surface area contributed by atoms with Gasteiger partial charge in [0.1, 0.15) is 0 Å². The molecule has 1 unspecified atom stereocenters. The maximum Gasteiger partial charge on any atom is 0.252 e. The molecule has 5 heteroatoms. The summed E-state index contributed by atoms with van der Waals surface area (Å²) >= 11 is 6.24. The van der Waals surface area contributed by atoms with Gasteiger partial charge in [-0.1, -0.05) is 35.9 Å². The smallest absolute Gasteiger partial charge is 0.252 e. The molecule has 0 saturated heterocycles. The van der Waals surface area contributed by atoms with Crippen LogP contribution >= 0.6 is 11.6 Å². The second-order valence-corrected chi connectivity index (χ2v) is 8.01. The summed E-state index contributed by atoms with van der Waals surface area (Å²) in [6.45, 7) is 0. The molecule has 4 aromatic rings. The first-order valence-corrected chi connectivity index (χ1v) is 10.5. The van der Waals surface area contributed by atoms with Crippen molar-refractivity contribution in [3.63, 3.8) is 0 Å². The van der Waals surface area contributed by atoms with Crippen molar-refractivity contribution in [3.8, 4) is 11.3 Å². The minimum absolute atomic E-state index is 0.00854. The number of aryl methyl sites for hydroxylation is 1. The summed E-state index contributed by atoms with van der Waals surface area (Å²) in [6, 6.07) is 19.5. The van der Waals surface area contributed by atoms with E-state index in [2.05, 4.69) is 28.5 Å². The first-order valence-electron chi connectivity index (χ1n) is 10.1. The number of hydrogen-bond donors (Lipinski definition) is 1. The lowest BCUT2D eigenvalue weighted by molar-refractivity contribution is 0.0934. The molecule has 2 aromatic carbocycles. The highest BCUT2D eigenvalue weighted by Gasteiger charge is 2.23. The zero-order chi connectivity index (χ0) is 20.5. The number of carbonyl (C=O) groups is 1. The average molecular weight is 414 g/mol. The first kappa shape index (κ1) is 18.8. The van der Waals surface area contributed by atoms with Crippen molar-refractivity contribution in [3.05, 3.63) is 94.8 Å². The van der Waals surface area contributed by atoms with Gasteiger partial charge in [0.2, 0.25) is 0 Å². The second kappa shape index (κ2) is 7.88. The van der Waals surface area contributed by atoms with E-state index in [4.69, 9.17) is 16.6 Å². The summed E-state index contributed by atoms with van der Waals surface area (Å²) in [7, 11) is 0. The van der Waals surface area contributed by atoms with Crippen LogP contribution < -0.4 is 5.32 Å². The molecule has 5 rings (SSSR count). The van der Waals surface area contributed by atoms with Crippen molar-refractivity contribution in [1.82, 2.24) is 15.3 Å². The van der Waals surface area contributed by atoms with E-state index in [1.165, 1.54) is 11.1 Å². The van der Waals surface area contributed by atoms with Gasteiger partial charge in [-0.05, 0) is 66.8 Å². The zero-order valence-corrected chi connectivity index (χ0v) is 17.1. The summed E-state index contributed by atoms with van der Waals surface area (Å²) in [5, 5.41) is 4.59. The van der Waals surface area contributed by atoms with E-state index >= 15 is 0 Å². The second-order valence-electron chi connectivity index (χ2n) is 7.57. The van der Waals surface area contributed by atoms with Gasteiger partial charge < -0.3 is 5.32 Å². The minimum atomic E-state index is -0.110. The Balaban J connectivity index is 1.57. The maximum atomic E-state index is 13.4.